The third-order valence-corrected chi connectivity index (χ3v) is 5.65. The number of pyridine rings is 1. The van der Waals surface area contributed by atoms with E-state index in [1.165, 1.54) is 6.07 Å². The quantitative estimate of drug-likeness (QED) is 0.632. The second-order valence-corrected chi connectivity index (χ2v) is 8.29. The molecular formula is C22H23F3N4O2. The molecule has 1 fully saturated rings. The molecule has 4 rings (SSSR count). The van der Waals surface area contributed by atoms with Crippen molar-refractivity contribution in [3.63, 3.8) is 0 Å². The molecule has 164 valence electrons. The number of carboxylic acid groups (broad SMARTS) is 1. The molecule has 2 aromatic heterocycles. The number of carboxylic acids is 1. The summed E-state index contributed by atoms with van der Waals surface area (Å²) >= 11 is 0. The Morgan fingerprint density at radius 1 is 1.26 bits per heavy atom. The first kappa shape index (κ1) is 21.1. The topological polar surface area (TPSA) is 71.2 Å². The number of aromatic carboxylic acids is 1. The summed E-state index contributed by atoms with van der Waals surface area (Å²) < 4.78 is 41.5. The largest absolute Gasteiger partial charge is 0.477 e. The Morgan fingerprint density at radius 3 is 2.58 bits per heavy atom. The van der Waals surface area contributed by atoms with Gasteiger partial charge in [-0.15, -0.1) is 0 Å². The van der Waals surface area contributed by atoms with Gasteiger partial charge in [-0.3, -0.25) is 0 Å². The van der Waals surface area contributed by atoms with Crippen molar-refractivity contribution >= 4 is 22.7 Å². The van der Waals surface area contributed by atoms with Crippen molar-refractivity contribution in [1.29, 1.82) is 0 Å². The molecule has 31 heavy (non-hydrogen) atoms. The monoisotopic (exact) mass is 432 g/mol. The minimum absolute atomic E-state index is 0.0290. The fourth-order valence-electron chi connectivity index (χ4n) is 4.07. The first-order chi connectivity index (χ1) is 14.6. The number of hydrogen-bond acceptors (Lipinski definition) is 4. The van der Waals surface area contributed by atoms with Crippen molar-refractivity contribution in [1.82, 2.24) is 14.8 Å². The molecule has 1 atom stereocenters. The van der Waals surface area contributed by atoms with Crippen LogP contribution in [-0.2, 0) is 0 Å². The van der Waals surface area contributed by atoms with Crippen LogP contribution in [0.5, 0.6) is 0 Å². The molecule has 0 amide bonds. The zero-order valence-electron chi connectivity index (χ0n) is 17.4. The summed E-state index contributed by atoms with van der Waals surface area (Å²) in [5, 5.41) is 14.9. The molecule has 0 bridgehead atoms. The number of nitrogens with zero attached hydrogens (tertiary/aromatic N) is 4. The van der Waals surface area contributed by atoms with E-state index < -0.39 is 18.1 Å². The van der Waals surface area contributed by atoms with Crippen LogP contribution >= 0.6 is 0 Å². The molecule has 6 nitrogen and oxygen atoms in total. The minimum atomic E-state index is -4.29. The molecule has 0 spiro atoms. The maximum Gasteiger partial charge on any atom is 0.393 e. The predicted molar refractivity (Wildman–Crippen MR) is 111 cm³/mol. The van der Waals surface area contributed by atoms with Gasteiger partial charge >= 0.3 is 12.1 Å². The van der Waals surface area contributed by atoms with Crippen LogP contribution in [0.2, 0.25) is 0 Å². The Bertz CT molecular complexity index is 1150. The number of benzene rings is 1. The van der Waals surface area contributed by atoms with Crippen LogP contribution < -0.4 is 4.90 Å². The van der Waals surface area contributed by atoms with Crippen LogP contribution in [0.25, 0.3) is 16.7 Å². The third-order valence-electron chi connectivity index (χ3n) is 5.65. The normalized spacial score (nSPS) is 17.1. The summed E-state index contributed by atoms with van der Waals surface area (Å²) in [7, 11) is 0. The molecule has 9 heteroatoms. The lowest BCUT2D eigenvalue weighted by Crippen LogP contribution is -2.27. The van der Waals surface area contributed by atoms with E-state index in [0.29, 0.717) is 28.1 Å². The van der Waals surface area contributed by atoms with Crippen molar-refractivity contribution in [2.24, 2.45) is 5.92 Å². The van der Waals surface area contributed by atoms with E-state index in [2.05, 4.69) is 4.98 Å². The average Bonchev–Trinajstić information content (AvgIpc) is 3.32. The zero-order chi connectivity index (χ0) is 22.5. The highest BCUT2D eigenvalue weighted by Gasteiger charge is 2.44. The Kier molecular flexibility index (Phi) is 5.15. The van der Waals surface area contributed by atoms with Crippen LogP contribution in [0, 0.1) is 12.8 Å². The fraction of sp³-hybridized carbons (Fsp3) is 0.409. The van der Waals surface area contributed by atoms with Crippen LogP contribution in [0.15, 0.2) is 30.3 Å². The number of carbonyl (C=O) groups is 1. The van der Waals surface area contributed by atoms with Gasteiger partial charge in [0.15, 0.2) is 11.3 Å². The van der Waals surface area contributed by atoms with Gasteiger partial charge in [0.2, 0.25) is 0 Å². The fourth-order valence-corrected chi connectivity index (χ4v) is 4.07. The van der Waals surface area contributed by atoms with E-state index in [9.17, 15) is 23.1 Å². The van der Waals surface area contributed by atoms with Crippen molar-refractivity contribution in [3.8, 4) is 5.69 Å². The molecule has 1 unspecified atom stereocenters. The van der Waals surface area contributed by atoms with Gasteiger partial charge in [0, 0.05) is 13.1 Å². The summed E-state index contributed by atoms with van der Waals surface area (Å²) in [6.45, 7) is 5.80. The first-order valence-electron chi connectivity index (χ1n) is 10.1. The minimum Gasteiger partial charge on any atom is -0.477 e. The number of alkyl halides is 3. The summed E-state index contributed by atoms with van der Waals surface area (Å²) in [6, 6.07) is 8.91. The molecule has 1 aromatic carbocycles. The van der Waals surface area contributed by atoms with Gasteiger partial charge in [0.25, 0.3) is 0 Å². The number of anilines is 1. The van der Waals surface area contributed by atoms with E-state index in [0.717, 1.165) is 5.56 Å². The van der Waals surface area contributed by atoms with Gasteiger partial charge in [0.05, 0.1) is 28.4 Å². The highest BCUT2D eigenvalue weighted by Crippen LogP contribution is 2.40. The molecule has 3 aromatic rings. The van der Waals surface area contributed by atoms with Crippen molar-refractivity contribution in [2.45, 2.75) is 39.3 Å². The summed E-state index contributed by atoms with van der Waals surface area (Å²) in [4.78, 5) is 17.7. The standard InChI is InChI=1S/C22H23F3N4O2/c1-12(2)19-18-17(28-8-7-14(11-28)22(23,24)25)10-16(21(30)31)26-20(18)29(27-19)15-6-4-5-13(3)9-15/h4-6,9-10,12,14H,7-8,11H2,1-3H3,(H,30,31). The molecule has 1 aliphatic heterocycles. The number of rotatable bonds is 4. The van der Waals surface area contributed by atoms with Gasteiger partial charge < -0.3 is 10.0 Å². The Hall–Kier alpha value is -3.10. The smallest absolute Gasteiger partial charge is 0.393 e. The Morgan fingerprint density at radius 2 is 2.00 bits per heavy atom. The van der Waals surface area contributed by atoms with Crippen LogP contribution in [0.3, 0.4) is 0 Å². The van der Waals surface area contributed by atoms with Crippen molar-refractivity contribution in [2.75, 3.05) is 18.0 Å². The molecule has 0 radical (unpaired) electrons. The average molecular weight is 432 g/mol. The van der Waals surface area contributed by atoms with Gasteiger partial charge in [-0.2, -0.15) is 18.3 Å². The highest BCUT2D eigenvalue weighted by atomic mass is 19.4. The molecule has 0 aliphatic carbocycles. The predicted octanol–water partition coefficient (Wildman–Crippen LogP) is 4.94. The maximum absolute atomic E-state index is 13.3. The number of aromatic nitrogens is 3. The SMILES string of the molecule is Cc1cccc(-n2nc(C(C)C)c3c(N4CCC(C(F)(F)F)C4)cc(C(=O)O)nc32)c1. The van der Waals surface area contributed by atoms with E-state index in [4.69, 9.17) is 5.10 Å². The molecule has 1 aliphatic rings. The van der Waals surface area contributed by atoms with Crippen LogP contribution in [0.1, 0.15) is 47.9 Å². The van der Waals surface area contributed by atoms with Gasteiger partial charge in [-0.1, -0.05) is 26.0 Å². The number of halogens is 3. The van der Waals surface area contributed by atoms with Crippen molar-refractivity contribution in [3.05, 3.63) is 47.3 Å². The van der Waals surface area contributed by atoms with E-state index in [1.807, 2.05) is 45.0 Å². The second kappa shape index (κ2) is 7.55. The number of aryl methyl sites for hydroxylation is 1. The van der Waals surface area contributed by atoms with Crippen LogP contribution in [-0.4, -0.2) is 45.1 Å². The lowest BCUT2D eigenvalue weighted by atomic mass is 10.1. The Labute approximate surface area is 177 Å². The summed E-state index contributed by atoms with van der Waals surface area (Å²) in [6.07, 6.45) is -4.32. The lowest BCUT2D eigenvalue weighted by Gasteiger charge is -2.21. The molecule has 3 heterocycles. The molecular weight excluding hydrogens is 409 g/mol. The third kappa shape index (κ3) is 3.84. The van der Waals surface area contributed by atoms with E-state index in [1.54, 1.807) is 9.58 Å². The zero-order valence-corrected chi connectivity index (χ0v) is 17.4. The van der Waals surface area contributed by atoms with Crippen molar-refractivity contribution < 1.29 is 23.1 Å². The van der Waals surface area contributed by atoms with Gasteiger partial charge in [-0.25, -0.2) is 14.5 Å². The van der Waals surface area contributed by atoms with E-state index in [-0.39, 0.29) is 31.1 Å². The molecule has 1 saturated heterocycles. The summed E-state index contributed by atoms with van der Waals surface area (Å²) in [5.41, 5.74) is 2.94. The van der Waals surface area contributed by atoms with Gasteiger partial charge in [0.1, 0.15) is 0 Å². The second-order valence-electron chi connectivity index (χ2n) is 8.29. The number of fused-ring (bicyclic) bond motifs is 1. The van der Waals surface area contributed by atoms with Gasteiger partial charge in [-0.05, 0) is 43.0 Å². The van der Waals surface area contributed by atoms with E-state index >= 15 is 0 Å². The van der Waals surface area contributed by atoms with Crippen LogP contribution in [0.4, 0.5) is 18.9 Å². The number of hydrogen-bond donors (Lipinski definition) is 1. The molecule has 0 saturated carbocycles. The first-order valence-corrected chi connectivity index (χ1v) is 10.1. The maximum atomic E-state index is 13.3. The summed E-state index contributed by atoms with van der Waals surface area (Å²) in [5.74, 6) is -2.72. The molecule has 1 N–H and O–H groups in total. The Balaban J connectivity index is 1.97. The highest BCUT2D eigenvalue weighted by molar-refractivity contribution is 5.98. The lowest BCUT2D eigenvalue weighted by molar-refractivity contribution is -0.168.